The predicted octanol–water partition coefficient (Wildman–Crippen LogP) is 0.247. The van der Waals surface area contributed by atoms with Crippen LogP contribution in [0.3, 0.4) is 0 Å². The zero-order valence-corrected chi connectivity index (χ0v) is 7.16. The maximum Gasteiger partial charge on any atom is 0.185 e. The van der Waals surface area contributed by atoms with Gasteiger partial charge in [-0.05, 0) is 12.8 Å². The maximum atomic E-state index is 8.58. The number of unbranched alkanes of at least 4 members (excludes halogenated alkanes) is 1. The summed E-state index contributed by atoms with van der Waals surface area (Å²) >= 11 is 0. The first-order valence-corrected chi connectivity index (χ1v) is 4.23. The highest BCUT2D eigenvalue weighted by Crippen LogP contribution is 2.06. The van der Waals surface area contributed by atoms with Crippen molar-refractivity contribution in [1.82, 2.24) is 0 Å². The summed E-state index contributed by atoms with van der Waals surface area (Å²) in [4.78, 5) is 4.20. The fourth-order valence-electron chi connectivity index (χ4n) is 1.35. The topological polar surface area (TPSA) is 32.6 Å². The largest absolute Gasteiger partial charge is 0.396 e. The molecular formula is C8H17N2O+. The van der Waals surface area contributed by atoms with E-state index in [0.29, 0.717) is 6.61 Å². The van der Waals surface area contributed by atoms with E-state index in [1.165, 1.54) is 0 Å². The minimum absolute atomic E-state index is 0.317. The van der Waals surface area contributed by atoms with Crippen LogP contribution in [0.4, 0.5) is 0 Å². The molecule has 1 heterocycles. The average Bonchev–Trinajstić information content (AvgIpc) is 2.38. The molecule has 1 rings (SSSR count). The molecule has 64 valence electrons. The highest BCUT2D eigenvalue weighted by atomic mass is 16.2. The number of likely N-dealkylation sites (N-methyl/N-ethyl adjacent to an activating group) is 1. The summed E-state index contributed by atoms with van der Waals surface area (Å²) in [6, 6.07) is 0. The summed E-state index contributed by atoms with van der Waals surface area (Å²) in [5.74, 6) is 0. The van der Waals surface area contributed by atoms with E-state index < -0.39 is 0 Å². The summed E-state index contributed by atoms with van der Waals surface area (Å²) in [5, 5.41) is 8.58. The Kier molecular flexibility index (Phi) is 3.02. The van der Waals surface area contributed by atoms with Gasteiger partial charge in [-0.2, -0.15) is 0 Å². The Morgan fingerprint density at radius 1 is 1.55 bits per heavy atom. The average molecular weight is 157 g/mol. The highest BCUT2D eigenvalue weighted by molar-refractivity contribution is 5.47. The third-order valence-corrected chi connectivity index (χ3v) is 2.18. The molecule has 11 heavy (non-hydrogen) atoms. The zero-order chi connectivity index (χ0) is 8.16. The lowest BCUT2D eigenvalue weighted by Crippen LogP contribution is -2.41. The predicted molar refractivity (Wildman–Crippen MR) is 45.6 cm³/mol. The van der Waals surface area contributed by atoms with Crippen LogP contribution in [0.5, 0.6) is 0 Å². The molecule has 0 saturated carbocycles. The van der Waals surface area contributed by atoms with Gasteiger partial charge < -0.3 is 5.11 Å². The summed E-state index contributed by atoms with van der Waals surface area (Å²) in [7, 11) is 2.19. The monoisotopic (exact) mass is 157 g/mol. The minimum Gasteiger partial charge on any atom is -0.396 e. The van der Waals surface area contributed by atoms with Crippen LogP contribution in [0.1, 0.15) is 12.8 Å². The third kappa shape index (κ3) is 2.60. The summed E-state index contributed by atoms with van der Waals surface area (Å²) in [6.07, 6.45) is 4.04. The van der Waals surface area contributed by atoms with E-state index >= 15 is 0 Å². The third-order valence-electron chi connectivity index (χ3n) is 2.18. The van der Waals surface area contributed by atoms with E-state index in [4.69, 9.17) is 5.11 Å². The number of rotatable bonds is 4. The lowest BCUT2D eigenvalue weighted by atomic mass is 10.3. The molecule has 0 aromatic carbocycles. The number of aliphatic hydroxyl groups is 1. The lowest BCUT2D eigenvalue weighted by Gasteiger charge is -2.24. The van der Waals surface area contributed by atoms with Crippen LogP contribution in [0.2, 0.25) is 0 Å². The van der Waals surface area contributed by atoms with Crippen molar-refractivity contribution in [2.75, 3.05) is 33.3 Å². The van der Waals surface area contributed by atoms with Crippen LogP contribution in [-0.2, 0) is 0 Å². The Morgan fingerprint density at radius 3 is 2.91 bits per heavy atom. The van der Waals surface area contributed by atoms with Crippen LogP contribution in [-0.4, -0.2) is 49.2 Å². The second-order valence-electron chi connectivity index (χ2n) is 3.38. The van der Waals surface area contributed by atoms with Crippen LogP contribution in [0, 0.1) is 0 Å². The second kappa shape index (κ2) is 3.83. The quantitative estimate of drug-likeness (QED) is 0.460. The van der Waals surface area contributed by atoms with Gasteiger partial charge in [0.05, 0.1) is 20.1 Å². The second-order valence-corrected chi connectivity index (χ2v) is 3.38. The fraction of sp³-hybridized carbons (Fsp3) is 0.875. The number of aliphatic hydroxyl groups excluding tert-OH is 1. The Hall–Kier alpha value is -0.410. The van der Waals surface area contributed by atoms with Gasteiger partial charge in [0.25, 0.3) is 0 Å². The number of hydrogen-bond donors (Lipinski definition) is 1. The Balaban J connectivity index is 2.18. The molecule has 3 nitrogen and oxygen atoms in total. The SMILES string of the molecule is C[N+]1(CCCCO)C=NCC1. The maximum absolute atomic E-state index is 8.58. The molecule has 0 amide bonds. The van der Waals surface area contributed by atoms with Gasteiger partial charge in [-0.1, -0.05) is 0 Å². The van der Waals surface area contributed by atoms with E-state index in [1.807, 2.05) is 6.34 Å². The van der Waals surface area contributed by atoms with E-state index in [0.717, 1.165) is 37.0 Å². The van der Waals surface area contributed by atoms with Gasteiger partial charge in [0.15, 0.2) is 6.34 Å². The number of aliphatic imine (C=N–C) groups is 1. The molecule has 1 aliphatic heterocycles. The van der Waals surface area contributed by atoms with Gasteiger partial charge >= 0.3 is 0 Å². The highest BCUT2D eigenvalue weighted by Gasteiger charge is 2.22. The molecule has 0 aromatic heterocycles. The van der Waals surface area contributed by atoms with Crippen molar-refractivity contribution >= 4 is 6.34 Å². The van der Waals surface area contributed by atoms with Gasteiger partial charge in [-0.25, -0.2) is 4.99 Å². The van der Waals surface area contributed by atoms with Gasteiger partial charge in [0, 0.05) is 6.61 Å². The van der Waals surface area contributed by atoms with Crippen LogP contribution < -0.4 is 0 Å². The lowest BCUT2D eigenvalue weighted by molar-refractivity contribution is -0.807. The van der Waals surface area contributed by atoms with Gasteiger partial charge in [0.1, 0.15) is 6.54 Å². The van der Waals surface area contributed by atoms with E-state index in [1.54, 1.807) is 0 Å². The first-order chi connectivity index (χ1) is 5.27. The molecular weight excluding hydrogens is 140 g/mol. The van der Waals surface area contributed by atoms with Crippen LogP contribution in [0.15, 0.2) is 4.99 Å². The van der Waals surface area contributed by atoms with Gasteiger partial charge in [-0.15, -0.1) is 0 Å². The van der Waals surface area contributed by atoms with Crippen molar-refractivity contribution in [3.8, 4) is 0 Å². The first kappa shape index (κ1) is 8.68. The molecule has 1 N–H and O–H groups in total. The fourth-order valence-corrected chi connectivity index (χ4v) is 1.35. The molecule has 0 fully saturated rings. The van der Waals surface area contributed by atoms with Crippen molar-refractivity contribution in [1.29, 1.82) is 0 Å². The van der Waals surface area contributed by atoms with Crippen molar-refractivity contribution in [2.24, 2.45) is 4.99 Å². The minimum atomic E-state index is 0.317. The number of hydrogen-bond acceptors (Lipinski definition) is 2. The molecule has 0 saturated heterocycles. The van der Waals surface area contributed by atoms with E-state index in [2.05, 4.69) is 12.0 Å². The Morgan fingerprint density at radius 2 is 2.36 bits per heavy atom. The molecule has 1 atom stereocenters. The molecule has 0 radical (unpaired) electrons. The van der Waals surface area contributed by atoms with Crippen LogP contribution in [0.25, 0.3) is 0 Å². The molecule has 0 aliphatic carbocycles. The molecule has 0 aromatic rings. The molecule has 0 spiro atoms. The number of quaternary nitrogens is 1. The van der Waals surface area contributed by atoms with Crippen molar-refractivity contribution < 1.29 is 9.59 Å². The first-order valence-electron chi connectivity index (χ1n) is 4.23. The van der Waals surface area contributed by atoms with Crippen LogP contribution >= 0.6 is 0 Å². The van der Waals surface area contributed by atoms with E-state index in [9.17, 15) is 0 Å². The zero-order valence-electron chi connectivity index (χ0n) is 7.16. The molecule has 0 bridgehead atoms. The number of nitrogens with zero attached hydrogens (tertiary/aromatic N) is 2. The standard InChI is InChI=1S/C8H17N2O/c1-10(5-2-3-7-11)6-4-9-8-10/h8,11H,2-7H2,1H3/q+1. The van der Waals surface area contributed by atoms with Gasteiger partial charge in [-0.3, -0.25) is 4.48 Å². The summed E-state index contributed by atoms with van der Waals surface area (Å²) in [5.41, 5.74) is 0. The molecule has 1 aliphatic rings. The smallest absolute Gasteiger partial charge is 0.185 e. The normalized spacial score (nSPS) is 29.6. The summed E-state index contributed by atoms with van der Waals surface area (Å²) in [6.45, 7) is 3.53. The van der Waals surface area contributed by atoms with Crippen molar-refractivity contribution in [3.05, 3.63) is 0 Å². The Bertz CT molecular complexity index is 147. The van der Waals surface area contributed by atoms with E-state index in [-0.39, 0.29) is 0 Å². The van der Waals surface area contributed by atoms with Crippen molar-refractivity contribution in [3.63, 3.8) is 0 Å². The van der Waals surface area contributed by atoms with Crippen molar-refractivity contribution in [2.45, 2.75) is 12.8 Å². The summed E-state index contributed by atoms with van der Waals surface area (Å²) < 4.78 is 0.958. The molecule has 1 unspecified atom stereocenters. The Labute approximate surface area is 67.9 Å². The molecule has 3 heteroatoms. The van der Waals surface area contributed by atoms with Gasteiger partial charge in [0.2, 0.25) is 0 Å².